The normalized spacial score (nSPS) is 44.8. The Hall–Kier alpha value is 0.620. The largest absolute Gasteiger partial charge is 0.374 e. The number of ether oxygens (including phenoxy) is 1. The summed E-state index contributed by atoms with van der Waals surface area (Å²) < 4.78 is 6.11. The molecule has 2 aliphatic heterocycles. The Morgan fingerprint density at radius 3 is 3.06 bits per heavy atom. The Balaban J connectivity index is 1.56. The third-order valence-electron chi connectivity index (χ3n) is 4.77. The molecule has 3 rings (SSSR count). The first-order valence-corrected chi connectivity index (χ1v) is 9.76. The molecule has 3 fully saturated rings. The maximum Gasteiger partial charge on any atom is 0.0795 e. The molecule has 4 heteroatoms. The zero-order chi connectivity index (χ0) is 12.4. The quantitative estimate of drug-likeness (QED) is 0.861. The number of nitrogens with one attached hydrogen (secondary N) is 1. The van der Waals surface area contributed by atoms with Crippen molar-refractivity contribution in [3.63, 3.8) is 0 Å². The van der Waals surface area contributed by atoms with Gasteiger partial charge in [0.05, 0.1) is 5.60 Å². The molecule has 3 aliphatic rings. The molecule has 2 saturated heterocycles. The van der Waals surface area contributed by atoms with Crippen LogP contribution in [0.5, 0.6) is 0 Å². The zero-order valence-corrected chi connectivity index (χ0v) is 13.0. The summed E-state index contributed by atoms with van der Waals surface area (Å²) in [5.41, 5.74) is 0.230. The molecular formula is C14H25NOS2. The van der Waals surface area contributed by atoms with Crippen molar-refractivity contribution in [3.05, 3.63) is 0 Å². The minimum Gasteiger partial charge on any atom is -0.374 e. The molecular weight excluding hydrogens is 262 g/mol. The molecule has 0 aromatic carbocycles. The minimum absolute atomic E-state index is 0.230. The van der Waals surface area contributed by atoms with E-state index in [4.69, 9.17) is 4.74 Å². The van der Waals surface area contributed by atoms with E-state index in [1.807, 2.05) is 0 Å². The summed E-state index contributed by atoms with van der Waals surface area (Å²) in [5, 5.41) is 4.81. The van der Waals surface area contributed by atoms with E-state index in [0.29, 0.717) is 6.04 Å². The standard InChI is InChI=1S/C14H25NOS2/c1-17-13-4-2-3-12(13)15-11-5-7-16-14(9-11)6-8-18-10-14/h11-13,15H,2-10H2,1H3. The highest BCUT2D eigenvalue weighted by Gasteiger charge is 2.41. The van der Waals surface area contributed by atoms with Gasteiger partial charge in [0.15, 0.2) is 0 Å². The van der Waals surface area contributed by atoms with Crippen LogP contribution in [0.4, 0.5) is 0 Å². The van der Waals surface area contributed by atoms with Crippen molar-refractivity contribution in [2.24, 2.45) is 0 Å². The van der Waals surface area contributed by atoms with Crippen LogP contribution >= 0.6 is 23.5 Å². The molecule has 1 aliphatic carbocycles. The molecule has 18 heavy (non-hydrogen) atoms. The van der Waals surface area contributed by atoms with Crippen molar-refractivity contribution < 1.29 is 4.74 Å². The van der Waals surface area contributed by atoms with Gasteiger partial charge in [-0.05, 0) is 44.1 Å². The van der Waals surface area contributed by atoms with Crippen molar-refractivity contribution in [3.8, 4) is 0 Å². The van der Waals surface area contributed by atoms with Crippen LogP contribution in [0.25, 0.3) is 0 Å². The number of hydrogen-bond acceptors (Lipinski definition) is 4. The van der Waals surface area contributed by atoms with E-state index >= 15 is 0 Å². The topological polar surface area (TPSA) is 21.3 Å². The highest BCUT2D eigenvalue weighted by Crippen LogP contribution is 2.39. The highest BCUT2D eigenvalue weighted by atomic mass is 32.2. The van der Waals surface area contributed by atoms with Gasteiger partial charge in [-0.25, -0.2) is 0 Å². The maximum absolute atomic E-state index is 6.11. The van der Waals surface area contributed by atoms with Crippen molar-refractivity contribution >= 4 is 23.5 Å². The molecule has 0 amide bonds. The molecule has 2 heterocycles. The van der Waals surface area contributed by atoms with Crippen molar-refractivity contribution in [1.82, 2.24) is 5.32 Å². The van der Waals surface area contributed by atoms with Crippen LogP contribution in [-0.2, 0) is 4.74 Å². The van der Waals surface area contributed by atoms with Gasteiger partial charge < -0.3 is 10.1 Å². The molecule has 0 bridgehead atoms. The molecule has 4 atom stereocenters. The molecule has 0 aromatic heterocycles. The molecule has 1 N–H and O–H groups in total. The van der Waals surface area contributed by atoms with E-state index in [-0.39, 0.29) is 5.60 Å². The van der Waals surface area contributed by atoms with E-state index in [0.717, 1.165) is 17.9 Å². The number of thioether (sulfide) groups is 2. The second kappa shape index (κ2) is 5.94. The third-order valence-corrected chi connectivity index (χ3v) is 7.16. The number of hydrogen-bond donors (Lipinski definition) is 1. The van der Waals surface area contributed by atoms with Gasteiger partial charge in [-0.1, -0.05) is 6.42 Å². The first-order chi connectivity index (χ1) is 8.81. The van der Waals surface area contributed by atoms with Gasteiger partial charge in [0.25, 0.3) is 0 Å². The molecule has 0 radical (unpaired) electrons. The average Bonchev–Trinajstić information content (AvgIpc) is 2.99. The molecule has 2 nitrogen and oxygen atoms in total. The summed E-state index contributed by atoms with van der Waals surface area (Å²) in [7, 11) is 0. The fourth-order valence-corrected chi connectivity index (χ4v) is 6.06. The number of rotatable bonds is 3. The molecule has 104 valence electrons. The SMILES string of the molecule is CSC1CCCC1NC1CCOC2(CCSC2)C1. The van der Waals surface area contributed by atoms with E-state index in [2.05, 4.69) is 35.1 Å². The molecule has 0 aromatic rings. The van der Waals surface area contributed by atoms with Gasteiger partial charge >= 0.3 is 0 Å². The Morgan fingerprint density at radius 2 is 2.28 bits per heavy atom. The first kappa shape index (κ1) is 13.6. The minimum atomic E-state index is 0.230. The third kappa shape index (κ3) is 2.87. The fraction of sp³-hybridized carbons (Fsp3) is 1.00. The Morgan fingerprint density at radius 1 is 1.33 bits per heavy atom. The van der Waals surface area contributed by atoms with Crippen molar-refractivity contribution in [2.45, 2.75) is 61.5 Å². The van der Waals surface area contributed by atoms with Gasteiger partial charge in [0.2, 0.25) is 0 Å². The Kier molecular flexibility index (Phi) is 4.49. The van der Waals surface area contributed by atoms with Crippen LogP contribution in [0.15, 0.2) is 0 Å². The van der Waals surface area contributed by atoms with E-state index in [9.17, 15) is 0 Å². The lowest BCUT2D eigenvalue weighted by Crippen LogP contribution is -2.51. The summed E-state index contributed by atoms with van der Waals surface area (Å²) in [6, 6.07) is 1.46. The van der Waals surface area contributed by atoms with Crippen molar-refractivity contribution in [1.29, 1.82) is 0 Å². The summed E-state index contributed by atoms with van der Waals surface area (Å²) in [4.78, 5) is 0. The van der Waals surface area contributed by atoms with Crippen LogP contribution < -0.4 is 5.32 Å². The van der Waals surface area contributed by atoms with Crippen LogP contribution in [0.1, 0.15) is 38.5 Å². The van der Waals surface area contributed by atoms with Crippen LogP contribution in [-0.4, -0.2) is 47.3 Å². The van der Waals surface area contributed by atoms with Crippen LogP contribution in [0.2, 0.25) is 0 Å². The monoisotopic (exact) mass is 287 g/mol. The molecule has 1 spiro atoms. The van der Waals surface area contributed by atoms with E-state index < -0.39 is 0 Å². The average molecular weight is 287 g/mol. The summed E-state index contributed by atoms with van der Waals surface area (Å²) in [6.07, 6.45) is 10.2. The smallest absolute Gasteiger partial charge is 0.0795 e. The van der Waals surface area contributed by atoms with Gasteiger partial charge in [-0.3, -0.25) is 0 Å². The van der Waals surface area contributed by atoms with E-state index in [1.165, 1.54) is 50.0 Å². The van der Waals surface area contributed by atoms with Gasteiger partial charge in [0.1, 0.15) is 0 Å². The summed E-state index contributed by atoms with van der Waals surface area (Å²) in [6.45, 7) is 0.967. The predicted octanol–water partition coefficient (Wildman–Crippen LogP) is 2.91. The Labute approximate surface area is 119 Å². The van der Waals surface area contributed by atoms with Crippen LogP contribution in [0, 0.1) is 0 Å². The second-order valence-corrected chi connectivity index (χ2v) is 8.18. The molecule has 4 unspecified atom stereocenters. The summed E-state index contributed by atoms with van der Waals surface area (Å²) in [5.74, 6) is 2.52. The van der Waals surface area contributed by atoms with E-state index in [1.54, 1.807) is 0 Å². The fourth-order valence-electron chi connectivity index (χ4n) is 3.73. The lowest BCUT2D eigenvalue weighted by Gasteiger charge is -2.39. The first-order valence-electron chi connectivity index (χ1n) is 7.32. The summed E-state index contributed by atoms with van der Waals surface area (Å²) >= 11 is 4.13. The Bertz CT molecular complexity index is 281. The highest BCUT2D eigenvalue weighted by molar-refractivity contribution is 7.99. The second-order valence-electron chi connectivity index (χ2n) is 6.00. The van der Waals surface area contributed by atoms with Crippen molar-refractivity contribution in [2.75, 3.05) is 24.4 Å². The maximum atomic E-state index is 6.11. The van der Waals surface area contributed by atoms with Crippen LogP contribution in [0.3, 0.4) is 0 Å². The lowest BCUT2D eigenvalue weighted by atomic mass is 9.89. The predicted molar refractivity (Wildman–Crippen MR) is 81.7 cm³/mol. The zero-order valence-electron chi connectivity index (χ0n) is 11.3. The van der Waals surface area contributed by atoms with Gasteiger partial charge in [0, 0.05) is 29.7 Å². The molecule has 1 saturated carbocycles. The van der Waals surface area contributed by atoms with Gasteiger partial charge in [-0.2, -0.15) is 23.5 Å². The van der Waals surface area contributed by atoms with Gasteiger partial charge in [-0.15, -0.1) is 0 Å². The lowest BCUT2D eigenvalue weighted by molar-refractivity contribution is -0.0712.